The normalized spacial score (nSPS) is 21.2. The minimum atomic E-state index is -3.49. The molecular formula is C12H23N3O2S. The van der Waals surface area contributed by atoms with Crippen LogP contribution in [-0.2, 0) is 10.0 Å². The van der Waals surface area contributed by atoms with Crippen molar-refractivity contribution >= 4 is 10.0 Å². The molecule has 104 valence electrons. The van der Waals surface area contributed by atoms with E-state index in [1.165, 1.54) is 19.3 Å². The van der Waals surface area contributed by atoms with Crippen molar-refractivity contribution in [2.24, 2.45) is 0 Å². The second kappa shape index (κ2) is 7.07. The smallest absolute Gasteiger partial charge is 0.228 e. The summed E-state index contributed by atoms with van der Waals surface area (Å²) < 4.78 is 26.2. The lowest BCUT2D eigenvalue weighted by molar-refractivity contribution is 0.175. The summed E-state index contributed by atoms with van der Waals surface area (Å²) in [4.78, 5) is 2.30. The summed E-state index contributed by atoms with van der Waals surface area (Å²) in [6, 6.07) is 2.02. The van der Waals surface area contributed by atoms with E-state index in [1.807, 2.05) is 13.0 Å². The number of nitrogens with one attached hydrogen (secondary N) is 1. The fourth-order valence-corrected chi connectivity index (χ4v) is 3.46. The van der Waals surface area contributed by atoms with Crippen molar-refractivity contribution in [2.45, 2.75) is 50.8 Å². The van der Waals surface area contributed by atoms with Crippen LogP contribution in [0.15, 0.2) is 0 Å². The molecule has 6 heteroatoms. The van der Waals surface area contributed by atoms with Gasteiger partial charge in [-0.3, -0.25) is 4.90 Å². The second-order valence-corrected chi connectivity index (χ2v) is 6.81. The number of nitriles is 1. The van der Waals surface area contributed by atoms with Gasteiger partial charge in [0.2, 0.25) is 10.0 Å². The van der Waals surface area contributed by atoms with E-state index in [1.54, 1.807) is 6.92 Å². The summed E-state index contributed by atoms with van der Waals surface area (Å²) in [6.07, 6.45) is 3.96. The first-order valence-corrected chi connectivity index (χ1v) is 8.18. The van der Waals surface area contributed by atoms with Crippen LogP contribution in [0.5, 0.6) is 0 Å². The molecule has 0 radical (unpaired) electrons. The van der Waals surface area contributed by atoms with Gasteiger partial charge in [-0.1, -0.05) is 13.3 Å². The average molecular weight is 273 g/mol. The molecule has 5 nitrogen and oxygen atoms in total. The molecule has 1 rings (SSSR count). The first kappa shape index (κ1) is 15.4. The number of hydrogen-bond donors (Lipinski definition) is 1. The third kappa shape index (κ3) is 4.23. The summed E-state index contributed by atoms with van der Waals surface area (Å²) in [6.45, 7) is 6.21. The highest BCUT2D eigenvalue weighted by Gasteiger charge is 2.25. The van der Waals surface area contributed by atoms with E-state index in [4.69, 9.17) is 5.26 Å². The predicted octanol–water partition coefficient (Wildman–Crippen LogP) is 1.08. The predicted molar refractivity (Wildman–Crippen MR) is 71.5 cm³/mol. The molecule has 0 amide bonds. The average Bonchev–Trinajstić information content (AvgIpc) is 2.38. The van der Waals surface area contributed by atoms with Gasteiger partial charge in [-0.25, -0.2) is 13.1 Å². The largest absolute Gasteiger partial charge is 0.299 e. The van der Waals surface area contributed by atoms with Crippen LogP contribution in [0.4, 0.5) is 0 Å². The Balaban J connectivity index is 2.46. The molecule has 1 N–H and O–H groups in total. The molecular weight excluding hydrogens is 250 g/mol. The van der Waals surface area contributed by atoms with E-state index in [0.29, 0.717) is 13.0 Å². The summed E-state index contributed by atoms with van der Waals surface area (Å²) in [5.41, 5.74) is 0. The highest BCUT2D eigenvalue weighted by atomic mass is 32.2. The lowest BCUT2D eigenvalue weighted by Crippen LogP contribution is -2.46. The van der Waals surface area contributed by atoms with Gasteiger partial charge in [-0.05, 0) is 39.3 Å². The molecule has 1 heterocycles. The van der Waals surface area contributed by atoms with Crippen LogP contribution in [0, 0.1) is 11.3 Å². The molecule has 1 saturated heterocycles. The molecule has 2 atom stereocenters. The first-order valence-electron chi connectivity index (χ1n) is 6.63. The third-order valence-electron chi connectivity index (χ3n) is 3.48. The molecule has 0 spiro atoms. The van der Waals surface area contributed by atoms with Crippen LogP contribution >= 0.6 is 0 Å². The number of rotatable bonds is 6. The maximum atomic E-state index is 11.8. The Morgan fingerprint density at radius 1 is 1.33 bits per heavy atom. The molecule has 0 saturated carbocycles. The fraction of sp³-hybridized carbons (Fsp3) is 0.917. The van der Waals surface area contributed by atoms with Gasteiger partial charge in [-0.15, -0.1) is 0 Å². The summed E-state index contributed by atoms with van der Waals surface area (Å²) in [7, 11) is -3.49. The van der Waals surface area contributed by atoms with E-state index < -0.39 is 15.3 Å². The summed E-state index contributed by atoms with van der Waals surface area (Å²) >= 11 is 0. The Kier molecular flexibility index (Phi) is 6.06. The Morgan fingerprint density at radius 2 is 1.94 bits per heavy atom. The maximum absolute atomic E-state index is 11.8. The zero-order valence-corrected chi connectivity index (χ0v) is 12.0. The van der Waals surface area contributed by atoms with Gasteiger partial charge in [0.1, 0.15) is 0 Å². The zero-order chi connectivity index (χ0) is 13.6. The quantitative estimate of drug-likeness (QED) is 0.786. The SMILES string of the molecule is CCC(C#N)S(=O)(=O)NCC(C)N1CCCCC1. The Labute approximate surface area is 110 Å². The topological polar surface area (TPSA) is 73.2 Å². The molecule has 18 heavy (non-hydrogen) atoms. The number of nitrogens with zero attached hydrogens (tertiary/aromatic N) is 2. The number of sulfonamides is 1. The number of hydrogen-bond acceptors (Lipinski definition) is 4. The van der Waals surface area contributed by atoms with Gasteiger partial charge in [0, 0.05) is 12.6 Å². The fourth-order valence-electron chi connectivity index (χ4n) is 2.21. The third-order valence-corrected chi connectivity index (χ3v) is 5.24. The first-order chi connectivity index (χ1) is 8.51. The highest BCUT2D eigenvalue weighted by molar-refractivity contribution is 7.90. The van der Waals surface area contributed by atoms with Crippen LogP contribution in [-0.4, -0.2) is 44.2 Å². The molecule has 1 fully saturated rings. The van der Waals surface area contributed by atoms with E-state index >= 15 is 0 Å². The Hall–Kier alpha value is -0.640. The van der Waals surface area contributed by atoms with Crippen LogP contribution < -0.4 is 4.72 Å². The zero-order valence-electron chi connectivity index (χ0n) is 11.2. The molecule has 1 aliphatic heterocycles. The molecule has 2 unspecified atom stereocenters. The molecule has 0 aromatic carbocycles. The van der Waals surface area contributed by atoms with E-state index in [0.717, 1.165) is 13.1 Å². The van der Waals surface area contributed by atoms with Gasteiger partial charge in [0.25, 0.3) is 0 Å². The highest BCUT2D eigenvalue weighted by Crippen LogP contribution is 2.12. The van der Waals surface area contributed by atoms with Crippen LogP contribution in [0.1, 0.15) is 39.5 Å². The van der Waals surface area contributed by atoms with Crippen LogP contribution in [0.3, 0.4) is 0 Å². The van der Waals surface area contributed by atoms with Crippen molar-refractivity contribution in [3.63, 3.8) is 0 Å². The standard InChI is InChI=1S/C12H23N3O2S/c1-3-12(9-13)18(16,17)14-10-11(2)15-7-5-4-6-8-15/h11-12,14H,3-8,10H2,1-2H3. The Bertz CT molecular complexity index is 383. The molecule has 1 aliphatic rings. The van der Waals surface area contributed by atoms with E-state index in [9.17, 15) is 8.42 Å². The van der Waals surface area contributed by atoms with Gasteiger partial charge in [0.15, 0.2) is 5.25 Å². The van der Waals surface area contributed by atoms with E-state index in [-0.39, 0.29) is 6.04 Å². The van der Waals surface area contributed by atoms with Gasteiger partial charge in [-0.2, -0.15) is 5.26 Å². The lowest BCUT2D eigenvalue weighted by Gasteiger charge is -2.32. The molecule has 0 aliphatic carbocycles. The van der Waals surface area contributed by atoms with Crippen LogP contribution in [0.25, 0.3) is 0 Å². The van der Waals surface area contributed by atoms with Crippen molar-refractivity contribution in [1.29, 1.82) is 5.26 Å². The van der Waals surface area contributed by atoms with Crippen LogP contribution in [0.2, 0.25) is 0 Å². The van der Waals surface area contributed by atoms with Crippen molar-refractivity contribution in [2.75, 3.05) is 19.6 Å². The number of likely N-dealkylation sites (tertiary alicyclic amines) is 1. The molecule has 0 aromatic rings. The maximum Gasteiger partial charge on any atom is 0.228 e. The van der Waals surface area contributed by atoms with Gasteiger partial charge >= 0.3 is 0 Å². The minimum Gasteiger partial charge on any atom is -0.299 e. The van der Waals surface area contributed by atoms with Crippen molar-refractivity contribution in [3.05, 3.63) is 0 Å². The Morgan fingerprint density at radius 3 is 2.44 bits per heavy atom. The minimum absolute atomic E-state index is 0.191. The van der Waals surface area contributed by atoms with Gasteiger partial charge in [0.05, 0.1) is 6.07 Å². The van der Waals surface area contributed by atoms with Crippen molar-refractivity contribution < 1.29 is 8.42 Å². The summed E-state index contributed by atoms with van der Waals surface area (Å²) in [5, 5.41) is 7.86. The number of piperidine rings is 1. The monoisotopic (exact) mass is 273 g/mol. The lowest BCUT2D eigenvalue weighted by atomic mass is 10.1. The summed E-state index contributed by atoms with van der Waals surface area (Å²) in [5.74, 6) is 0. The molecule has 0 aromatic heterocycles. The second-order valence-electron chi connectivity index (χ2n) is 4.87. The van der Waals surface area contributed by atoms with E-state index in [2.05, 4.69) is 9.62 Å². The van der Waals surface area contributed by atoms with Gasteiger partial charge < -0.3 is 0 Å². The van der Waals surface area contributed by atoms with Crippen molar-refractivity contribution in [3.8, 4) is 6.07 Å². The molecule has 0 bridgehead atoms. The van der Waals surface area contributed by atoms with Crippen molar-refractivity contribution in [1.82, 2.24) is 9.62 Å².